The van der Waals surface area contributed by atoms with Crippen molar-refractivity contribution in [1.29, 1.82) is 0 Å². The van der Waals surface area contributed by atoms with E-state index in [1.165, 1.54) is 19.9 Å². The van der Waals surface area contributed by atoms with Crippen LogP contribution in [0.5, 0.6) is 0 Å². The van der Waals surface area contributed by atoms with Gasteiger partial charge in [-0.3, -0.25) is 29.8 Å². The highest BCUT2D eigenvalue weighted by atomic mass is 16.7. The van der Waals surface area contributed by atoms with Crippen LogP contribution in [0.3, 0.4) is 0 Å². The summed E-state index contributed by atoms with van der Waals surface area (Å²) in [5, 5.41) is 25.0. The lowest BCUT2D eigenvalue weighted by Crippen LogP contribution is -2.47. The van der Waals surface area contributed by atoms with Crippen LogP contribution in [0.25, 0.3) is 0 Å². The summed E-state index contributed by atoms with van der Waals surface area (Å²) in [6.45, 7) is 2.42. The van der Waals surface area contributed by atoms with Crippen LogP contribution in [-0.2, 0) is 23.8 Å². The smallest absolute Gasteiger partial charge is 0.305 e. The van der Waals surface area contributed by atoms with E-state index in [1.807, 2.05) is 0 Å². The molecule has 0 radical (unpaired) electrons. The molecule has 0 aromatic heterocycles. The van der Waals surface area contributed by atoms with E-state index in [0.717, 1.165) is 12.1 Å². The van der Waals surface area contributed by atoms with Crippen molar-refractivity contribution in [3.63, 3.8) is 0 Å². The second-order valence-electron chi connectivity index (χ2n) is 6.08. The molecule has 1 N–H and O–H groups in total. The fraction of sp³-hybridized carbons (Fsp3) is 0.500. The van der Waals surface area contributed by atoms with Crippen LogP contribution in [0.2, 0.25) is 0 Å². The zero-order valence-corrected chi connectivity index (χ0v) is 15.2. The minimum atomic E-state index is -1.08. The van der Waals surface area contributed by atoms with Crippen molar-refractivity contribution in [2.75, 3.05) is 11.9 Å². The zero-order valence-electron chi connectivity index (χ0n) is 15.2. The lowest BCUT2D eigenvalue weighted by Gasteiger charge is -2.36. The van der Waals surface area contributed by atoms with Gasteiger partial charge in [-0.1, -0.05) is 0 Å². The maximum Gasteiger partial charge on any atom is 0.305 e. The number of hydrogen-bond donors (Lipinski definition) is 1. The quantitative estimate of drug-likeness (QED) is 0.409. The molecule has 152 valence electrons. The van der Waals surface area contributed by atoms with E-state index in [-0.39, 0.29) is 12.3 Å². The predicted octanol–water partition coefficient (Wildman–Crippen LogP) is 1.91. The molecule has 0 spiro atoms. The molecule has 3 atom stereocenters. The molecule has 12 heteroatoms. The Labute approximate surface area is 159 Å². The summed E-state index contributed by atoms with van der Waals surface area (Å²) in [6.07, 6.45) is -0.763. The van der Waals surface area contributed by atoms with Gasteiger partial charge in [-0.05, 0) is 18.9 Å². The summed E-state index contributed by atoms with van der Waals surface area (Å²) in [5.41, 5.74) is -0.882. The molecule has 0 bridgehead atoms. The summed E-state index contributed by atoms with van der Waals surface area (Å²) < 4.78 is 15.7. The molecule has 0 amide bonds. The average Bonchev–Trinajstić information content (AvgIpc) is 2.61. The number of nitro benzene ring substituents is 2. The Morgan fingerprint density at radius 3 is 2.46 bits per heavy atom. The van der Waals surface area contributed by atoms with Crippen LogP contribution in [0.1, 0.15) is 26.7 Å². The van der Waals surface area contributed by atoms with Gasteiger partial charge in [-0.25, -0.2) is 0 Å². The summed E-state index contributed by atoms with van der Waals surface area (Å²) in [5.74, 6) is -1.10. The van der Waals surface area contributed by atoms with Crippen molar-refractivity contribution >= 4 is 29.0 Å². The minimum absolute atomic E-state index is 0.0164. The first-order valence-electron chi connectivity index (χ1n) is 8.32. The summed E-state index contributed by atoms with van der Waals surface area (Å²) in [7, 11) is 0. The topological polar surface area (TPSA) is 160 Å². The SMILES string of the molecule is CC(=O)OC[C@@H]1CC[C@@H](Nc2ccc([N+](=O)[O-])cc2[N+](=O)[O-])[C@@H](OC(C)=O)O1. The number of nitrogens with one attached hydrogen (secondary N) is 1. The molecule has 1 aromatic rings. The molecule has 1 fully saturated rings. The predicted molar refractivity (Wildman–Crippen MR) is 93.5 cm³/mol. The van der Waals surface area contributed by atoms with Crippen LogP contribution in [0.4, 0.5) is 17.1 Å². The molecule has 2 rings (SSSR count). The summed E-state index contributed by atoms with van der Waals surface area (Å²) in [4.78, 5) is 43.0. The van der Waals surface area contributed by atoms with Gasteiger partial charge in [0.2, 0.25) is 6.29 Å². The molecule has 28 heavy (non-hydrogen) atoms. The first-order chi connectivity index (χ1) is 13.2. The van der Waals surface area contributed by atoms with E-state index in [0.29, 0.717) is 12.8 Å². The van der Waals surface area contributed by atoms with Crippen LogP contribution in [0.15, 0.2) is 18.2 Å². The maximum atomic E-state index is 11.4. The first kappa shape index (κ1) is 21.0. The largest absolute Gasteiger partial charge is 0.463 e. The molecule has 1 heterocycles. The third-order valence-corrected chi connectivity index (χ3v) is 3.94. The van der Waals surface area contributed by atoms with Gasteiger partial charge in [-0.15, -0.1) is 0 Å². The molecule has 1 aliphatic heterocycles. The second-order valence-corrected chi connectivity index (χ2v) is 6.08. The highest BCUT2D eigenvalue weighted by Crippen LogP contribution is 2.32. The average molecular weight is 397 g/mol. The van der Waals surface area contributed by atoms with Gasteiger partial charge in [0.15, 0.2) is 0 Å². The molecule has 0 saturated carbocycles. The van der Waals surface area contributed by atoms with Crippen molar-refractivity contribution in [3.8, 4) is 0 Å². The molecule has 1 aliphatic rings. The minimum Gasteiger partial charge on any atom is -0.463 e. The number of anilines is 1. The third-order valence-electron chi connectivity index (χ3n) is 3.94. The van der Waals surface area contributed by atoms with E-state index < -0.39 is 51.6 Å². The Morgan fingerprint density at radius 2 is 1.89 bits per heavy atom. The number of ether oxygens (including phenoxy) is 3. The molecule has 12 nitrogen and oxygen atoms in total. The number of rotatable bonds is 7. The number of nitrogens with zero attached hydrogens (tertiary/aromatic N) is 2. The number of benzene rings is 1. The number of nitro groups is 2. The third kappa shape index (κ3) is 5.61. The van der Waals surface area contributed by atoms with Gasteiger partial charge in [0, 0.05) is 19.9 Å². The fourth-order valence-corrected chi connectivity index (χ4v) is 2.71. The van der Waals surface area contributed by atoms with Crippen LogP contribution in [0, 0.1) is 20.2 Å². The van der Waals surface area contributed by atoms with Crippen molar-refractivity contribution < 1.29 is 33.6 Å². The van der Waals surface area contributed by atoms with E-state index in [9.17, 15) is 29.8 Å². The number of carbonyl (C=O) groups is 2. The molecule has 0 aliphatic carbocycles. The molecular weight excluding hydrogens is 378 g/mol. The number of non-ortho nitro benzene ring substituents is 1. The van der Waals surface area contributed by atoms with Crippen LogP contribution >= 0.6 is 0 Å². The Balaban J connectivity index is 2.18. The van der Waals surface area contributed by atoms with Crippen LogP contribution in [-0.4, -0.2) is 46.8 Å². The standard InChI is InChI=1S/C16H19N3O9/c1-9(20)26-8-12-4-6-14(16(28-12)27-10(2)21)17-13-5-3-11(18(22)23)7-15(13)19(24)25/h3,5,7,12,14,16-17H,4,6,8H2,1-2H3/t12-,14+,16-/m0/s1. The van der Waals surface area contributed by atoms with Gasteiger partial charge < -0.3 is 19.5 Å². The fourth-order valence-electron chi connectivity index (χ4n) is 2.71. The van der Waals surface area contributed by atoms with Gasteiger partial charge in [0.1, 0.15) is 12.3 Å². The van der Waals surface area contributed by atoms with Gasteiger partial charge in [0.05, 0.1) is 28.1 Å². The maximum absolute atomic E-state index is 11.4. The second kappa shape index (κ2) is 9.08. The van der Waals surface area contributed by atoms with Crippen LogP contribution < -0.4 is 5.32 Å². The van der Waals surface area contributed by atoms with E-state index in [2.05, 4.69) is 5.32 Å². The first-order valence-corrected chi connectivity index (χ1v) is 8.32. The Kier molecular flexibility index (Phi) is 6.82. The van der Waals surface area contributed by atoms with Crippen molar-refractivity contribution in [2.24, 2.45) is 0 Å². The van der Waals surface area contributed by atoms with E-state index >= 15 is 0 Å². The Morgan fingerprint density at radius 1 is 1.18 bits per heavy atom. The lowest BCUT2D eigenvalue weighted by molar-refractivity contribution is -0.393. The molecule has 0 unspecified atom stereocenters. The normalized spacial score (nSPS) is 21.4. The Bertz CT molecular complexity index is 783. The van der Waals surface area contributed by atoms with E-state index in [4.69, 9.17) is 14.2 Å². The number of esters is 2. The highest BCUT2D eigenvalue weighted by Gasteiger charge is 2.35. The monoisotopic (exact) mass is 397 g/mol. The number of carbonyl (C=O) groups excluding carboxylic acids is 2. The Hall–Kier alpha value is -3.28. The van der Waals surface area contributed by atoms with Crippen molar-refractivity contribution in [2.45, 2.75) is 45.1 Å². The molecular formula is C16H19N3O9. The van der Waals surface area contributed by atoms with Gasteiger partial charge >= 0.3 is 11.9 Å². The molecule has 1 aromatic carbocycles. The van der Waals surface area contributed by atoms with Crippen molar-refractivity contribution in [1.82, 2.24) is 0 Å². The zero-order chi connectivity index (χ0) is 20.8. The van der Waals surface area contributed by atoms with Gasteiger partial charge in [-0.2, -0.15) is 0 Å². The highest BCUT2D eigenvalue weighted by molar-refractivity contribution is 5.67. The number of hydrogen-bond acceptors (Lipinski definition) is 10. The van der Waals surface area contributed by atoms with Gasteiger partial charge in [0.25, 0.3) is 11.4 Å². The lowest BCUT2D eigenvalue weighted by atomic mass is 10.0. The summed E-state index contributed by atoms with van der Waals surface area (Å²) in [6, 6.07) is 2.55. The molecule has 1 saturated heterocycles. The van der Waals surface area contributed by atoms with Crippen molar-refractivity contribution in [3.05, 3.63) is 38.4 Å². The van der Waals surface area contributed by atoms with E-state index in [1.54, 1.807) is 0 Å². The summed E-state index contributed by atoms with van der Waals surface area (Å²) >= 11 is 0.